The normalized spacial score (nSPS) is 24.5. The molecule has 0 aromatic carbocycles. The highest BCUT2D eigenvalue weighted by Crippen LogP contribution is 2.17. The van der Waals surface area contributed by atoms with Crippen LogP contribution in [0.4, 0.5) is 0 Å². The van der Waals surface area contributed by atoms with Gasteiger partial charge in [0.25, 0.3) is 0 Å². The number of carbonyl (C=O) groups excluding carboxylic acids is 1. The molecule has 1 rings (SSSR count). The average Bonchev–Trinajstić information content (AvgIpc) is 1.82. The molecule has 68 valence electrons. The lowest BCUT2D eigenvalue weighted by atomic mass is 10.0. The second kappa shape index (κ2) is 3.10. The van der Waals surface area contributed by atoms with Gasteiger partial charge in [-0.2, -0.15) is 0 Å². The van der Waals surface area contributed by atoms with Crippen molar-refractivity contribution in [3.05, 3.63) is 0 Å². The quantitative estimate of drug-likeness (QED) is 0.560. The van der Waals surface area contributed by atoms with Crippen LogP contribution >= 0.6 is 0 Å². The number of carboxylic acid groups (broad SMARTS) is 1. The third-order valence-corrected chi connectivity index (χ3v) is 1.98. The van der Waals surface area contributed by atoms with Gasteiger partial charge in [-0.15, -0.1) is 0 Å². The summed E-state index contributed by atoms with van der Waals surface area (Å²) in [5.74, 6) is -1.23. The number of nitrogens with two attached hydrogens (primary N) is 1. The number of rotatable bonds is 2. The summed E-state index contributed by atoms with van der Waals surface area (Å²) >= 11 is 0. The number of carboxylic acids is 1. The third-order valence-electron chi connectivity index (χ3n) is 1.98. The zero-order chi connectivity index (χ0) is 9.30. The van der Waals surface area contributed by atoms with Gasteiger partial charge in [0.2, 0.25) is 5.91 Å². The first kappa shape index (κ1) is 8.99. The number of hydrogen-bond acceptors (Lipinski definition) is 3. The van der Waals surface area contributed by atoms with E-state index >= 15 is 0 Å². The highest BCUT2D eigenvalue weighted by molar-refractivity contribution is 5.88. The van der Waals surface area contributed by atoms with E-state index in [2.05, 4.69) is 0 Å². The maximum Gasteiger partial charge on any atom is 0.326 e. The van der Waals surface area contributed by atoms with Crippen LogP contribution in [0, 0.1) is 0 Å². The lowest BCUT2D eigenvalue weighted by Gasteiger charge is -2.38. The molecule has 5 heteroatoms. The summed E-state index contributed by atoms with van der Waals surface area (Å²) in [6.07, 6.45) is 0.536. The molecule has 5 nitrogen and oxygen atoms in total. The molecule has 12 heavy (non-hydrogen) atoms. The number of likely N-dealkylation sites (tertiary alicyclic amines) is 1. The summed E-state index contributed by atoms with van der Waals surface area (Å²) in [6, 6.07) is -1.25. The largest absolute Gasteiger partial charge is 0.480 e. The van der Waals surface area contributed by atoms with Crippen LogP contribution in [-0.2, 0) is 9.59 Å². The summed E-state index contributed by atoms with van der Waals surface area (Å²) in [5.41, 5.74) is 5.32. The molecule has 0 saturated carbocycles. The van der Waals surface area contributed by atoms with E-state index in [0.29, 0.717) is 13.0 Å². The number of aliphatic carboxylic acids is 1. The van der Waals surface area contributed by atoms with E-state index in [9.17, 15) is 9.59 Å². The molecule has 1 saturated heterocycles. The Balaban J connectivity index is 2.55. The summed E-state index contributed by atoms with van der Waals surface area (Å²) in [6.45, 7) is 2.07. The van der Waals surface area contributed by atoms with E-state index in [-0.39, 0.29) is 5.91 Å². The Kier molecular flexibility index (Phi) is 2.32. The van der Waals surface area contributed by atoms with Crippen molar-refractivity contribution in [3.8, 4) is 0 Å². The van der Waals surface area contributed by atoms with Crippen LogP contribution in [0.25, 0.3) is 0 Å². The van der Waals surface area contributed by atoms with Crippen LogP contribution in [0.3, 0.4) is 0 Å². The molecule has 0 bridgehead atoms. The summed E-state index contributed by atoms with van der Waals surface area (Å²) in [4.78, 5) is 23.0. The van der Waals surface area contributed by atoms with E-state index in [4.69, 9.17) is 10.8 Å². The molecule has 1 heterocycles. The predicted octanol–water partition coefficient (Wildman–Crippen LogP) is -0.981. The van der Waals surface area contributed by atoms with Crippen molar-refractivity contribution in [3.63, 3.8) is 0 Å². The first-order chi connectivity index (χ1) is 5.54. The molecule has 1 amide bonds. The molecule has 1 aliphatic heterocycles. The average molecular weight is 172 g/mol. The van der Waals surface area contributed by atoms with Crippen molar-refractivity contribution in [1.29, 1.82) is 0 Å². The third kappa shape index (κ3) is 1.40. The molecule has 3 N–H and O–H groups in total. The van der Waals surface area contributed by atoms with Gasteiger partial charge in [-0.1, -0.05) is 0 Å². The first-order valence-corrected chi connectivity index (χ1v) is 3.83. The maximum atomic E-state index is 11.2. The Morgan fingerprint density at radius 1 is 1.67 bits per heavy atom. The molecule has 0 aliphatic carbocycles. The lowest BCUT2D eigenvalue weighted by molar-refractivity contribution is -0.157. The zero-order valence-electron chi connectivity index (χ0n) is 6.86. The Morgan fingerprint density at radius 2 is 2.25 bits per heavy atom. The highest BCUT2D eigenvalue weighted by atomic mass is 16.4. The molecule has 0 aromatic heterocycles. The number of amides is 1. The Hall–Kier alpha value is -1.10. The fourth-order valence-corrected chi connectivity index (χ4v) is 1.17. The second-order valence-electron chi connectivity index (χ2n) is 2.96. The van der Waals surface area contributed by atoms with Crippen LogP contribution in [0.15, 0.2) is 0 Å². The second-order valence-corrected chi connectivity index (χ2v) is 2.96. The van der Waals surface area contributed by atoms with Crippen molar-refractivity contribution in [1.82, 2.24) is 4.90 Å². The van der Waals surface area contributed by atoms with Gasteiger partial charge in [0.05, 0.1) is 6.04 Å². The Bertz CT molecular complexity index is 215. The maximum absolute atomic E-state index is 11.2. The number of hydrogen-bond donors (Lipinski definition) is 2. The molecular formula is C7H12N2O3. The molecule has 1 aliphatic rings. The fraction of sp³-hybridized carbons (Fsp3) is 0.714. The van der Waals surface area contributed by atoms with Gasteiger partial charge in [0.1, 0.15) is 6.04 Å². The number of nitrogens with zero attached hydrogens (tertiary/aromatic N) is 1. The van der Waals surface area contributed by atoms with Crippen LogP contribution in [-0.4, -0.2) is 40.5 Å². The molecule has 1 fully saturated rings. The minimum atomic E-state index is -0.949. The van der Waals surface area contributed by atoms with E-state index in [1.165, 1.54) is 4.90 Å². The molecule has 0 unspecified atom stereocenters. The van der Waals surface area contributed by atoms with Gasteiger partial charge in [-0.25, -0.2) is 4.79 Å². The Morgan fingerprint density at radius 3 is 2.50 bits per heavy atom. The monoisotopic (exact) mass is 172 g/mol. The van der Waals surface area contributed by atoms with Crippen LogP contribution in [0.5, 0.6) is 0 Å². The minimum absolute atomic E-state index is 0.284. The lowest BCUT2D eigenvalue weighted by Crippen LogP contribution is -2.58. The van der Waals surface area contributed by atoms with Crippen molar-refractivity contribution < 1.29 is 14.7 Å². The summed E-state index contributed by atoms with van der Waals surface area (Å²) < 4.78 is 0. The van der Waals surface area contributed by atoms with Gasteiger partial charge >= 0.3 is 5.97 Å². The smallest absolute Gasteiger partial charge is 0.326 e. The van der Waals surface area contributed by atoms with Crippen LogP contribution < -0.4 is 5.73 Å². The molecule has 0 radical (unpaired) electrons. The van der Waals surface area contributed by atoms with Crippen molar-refractivity contribution in [2.45, 2.75) is 25.4 Å². The Labute approximate surface area is 70.1 Å². The van der Waals surface area contributed by atoms with Gasteiger partial charge < -0.3 is 15.7 Å². The molecule has 0 aromatic rings. The van der Waals surface area contributed by atoms with Crippen molar-refractivity contribution >= 4 is 11.9 Å². The molecule has 0 spiro atoms. The summed E-state index contributed by atoms with van der Waals surface area (Å²) in [7, 11) is 0. The SMILES string of the molecule is C[C@H](N)C(=O)N1CC[C@H]1C(=O)O. The fourth-order valence-electron chi connectivity index (χ4n) is 1.17. The first-order valence-electron chi connectivity index (χ1n) is 3.83. The van der Waals surface area contributed by atoms with E-state index in [0.717, 1.165) is 0 Å². The molecular weight excluding hydrogens is 160 g/mol. The number of carbonyl (C=O) groups is 2. The van der Waals surface area contributed by atoms with Gasteiger partial charge in [-0.3, -0.25) is 4.79 Å². The summed E-state index contributed by atoms with van der Waals surface area (Å²) in [5, 5.41) is 8.60. The van der Waals surface area contributed by atoms with Crippen molar-refractivity contribution in [2.75, 3.05) is 6.54 Å². The van der Waals surface area contributed by atoms with E-state index in [1.807, 2.05) is 0 Å². The molecule has 2 atom stereocenters. The van der Waals surface area contributed by atoms with Gasteiger partial charge in [0.15, 0.2) is 0 Å². The van der Waals surface area contributed by atoms with Gasteiger partial charge in [0, 0.05) is 6.54 Å². The zero-order valence-corrected chi connectivity index (χ0v) is 6.86. The topological polar surface area (TPSA) is 83.6 Å². The highest BCUT2D eigenvalue weighted by Gasteiger charge is 2.38. The van der Waals surface area contributed by atoms with Crippen molar-refractivity contribution in [2.24, 2.45) is 5.73 Å². The van der Waals surface area contributed by atoms with Gasteiger partial charge in [-0.05, 0) is 13.3 Å². The predicted molar refractivity (Wildman–Crippen MR) is 41.4 cm³/mol. The van der Waals surface area contributed by atoms with Crippen LogP contribution in [0.1, 0.15) is 13.3 Å². The van der Waals surface area contributed by atoms with Crippen LogP contribution in [0.2, 0.25) is 0 Å². The van der Waals surface area contributed by atoms with E-state index < -0.39 is 18.1 Å². The van der Waals surface area contributed by atoms with E-state index in [1.54, 1.807) is 6.92 Å². The standard InChI is InChI=1S/C7H12N2O3/c1-4(8)6(10)9-3-2-5(9)7(11)12/h4-5H,2-3,8H2,1H3,(H,11,12)/t4-,5-/m0/s1. The minimum Gasteiger partial charge on any atom is -0.480 e.